The van der Waals surface area contributed by atoms with E-state index in [1.165, 1.54) is 0 Å². The molecule has 0 radical (unpaired) electrons. The Kier molecular flexibility index (Phi) is 8.53. The van der Waals surface area contributed by atoms with Crippen molar-refractivity contribution in [3.8, 4) is 0 Å². The molecule has 1 atom stereocenters. The normalized spacial score (nSPS) is 15.6. The van der Waals surface area contributed by atoms with Gasteiger partial charge in [-0.15, -0.1) is 24.8 Å². The number of aryl methyl sites for hydroxylation is 2. The van der Waals surface area contributed by atoms with Gasteiger partial charge in [0.05, 0.1) is 6.04 Å². The zero-order chi connectivity index (χ0) is 18.0. The van der Waals surface area contributed by atoms with Crippen LogP contribution in [0, 0.1) is 6.92 Å². The second-order valence-electron chi connectivity index (χ2n) is 6.48. The molecule has 0 aliphatic carbocycles. The summed E-state index contributed by atoms with van der Waals surface area (Å²) in [6.45, 7) is 8.90. The van der Waals surface area contributed by atoms with Gasteiger partial charge < -0.3 is 15.2 Å². The van der Waals surface area contributed by atoms with Gasteiger partial charge in [-0.3, -0.25) is 9.69 Å². The second-order valence-corrected chi connectivity index (χ2v) is 6.48. The number of carbonyl (C=O) groups excluding carboxylic acids is 1. The van der Waals surface area contributed by atoms with E-state index in [0.29, 0.717) is 30.2 Å². The van der Waals surface area contributed by atoms with Crippen molar-refractivity contribution in [2.75, 3.05) is 31.9 Å². The van der Waals surface area contributed by atoms with Gasteiger partial charge in [-0.25, -0.2) is 0 Å². The fourth-order valence-electron chi connectivity index (χ4n) is 3.09. The molecule has 7 nitrogen and oxygen atoms in total. The van der Waals surface area contributed by atoms with Gasteiger partial charge >= 0.3 is 0 Å². The first-order valence-electron chi connectivity index (χ1n) is 8.71. The van der Waals surface area contributed by atoms with E-state index in [0.717, 1.165) is 30.9 Å². The first-order valence-corrected chi connectivity index (χ1v) is 8.71. The molecular formula is C18H27Cl2N5O2. The first-order chi connectivity index (χ1) is 12.0. The van der Waals surface area contributed by atoms with Gasteiger partial charge in [-0.1, -0.05) is 18.1 Å². The number of nitrogens with zero attached hydrogens (tertiary/aromatic N) is 4. The summed E-state index contributed by atoms with van der Waals surface area (Å²) in [7, 11) is 0. The van der Waals surface area contributed by atoms with Crippen LogP contribution in [-0.4, -0.2) is 52.0 Å². The predicted molar refractivity (Wildman–Crippen MR) is 110 cm³/mol. The largest absolute Gasteiger partial charge is 0.399 e. The molecule has 0 spiro atoms. The molecule has 1 aliphatic rings. The highest BCUT2D eigenvalue weighted by molar-refractivity contribution is 5.96. The van der Waals surface area contributed by atoms with Crippen molar-refractivity contribution in [2.24, 2.45) is 0 Å². The highest BCUT2D eigenvalue weighted by Gasteiger charge is 2.28. The van der Waals surface area contributed by atoms with Crippen LogP contribution in [-0.2, 0) is 6.42 Å². The summed E-state index contributed by atoms with van der Waals surface area (Å²) in [4.78, 5) is 21.3. The van der Waals surface area contributed by atoms with Crippen LogP contribution in [0.4, 0.5) is 5.69 Å². The van der Waals surface area contributed by atoms with E-state index >= 15 is 0 Å². The molecule has 1 saturated heterocycles. The van der Waals surface area contributed by atoms with Crippen LogP contribution in [0.25, 0.3) is 0 Å². The Hall–Kier alpha value is -1.83. The summed E-state index contributed by atoms with van der Waals surface area (Å²) >= 11 is 0. The Morgan fingerprint density at radius 3 is 2.52 bits per heavy atom. The number of anilines is 1. The van der Waals surface area contributed by atoms with Crippen LogP contribution < -0.4 is 5.73 Å². The minimum atomic E-state index is 0. The van der Waals surface area contributed by atoms with Crippen LogP contribution in [0.2, 0.25) is 0 Å². The van der Waals surface area contributed by atoms with Crippen LogP contribution in [0.5, 0.6) is 0 Å². The fourth-order valence-corrected chi connectivity index (χ4v) is 3.09. The van der Waals surface area contributed by atoms with E-state index in [2.05, 4.69) is 22.0 Å². The number of nitrogen functional groups attached to an aromatic ring is 1. The number of aromatic nitrogens is 2. The summed E-state index contributed by atoms with van der Waals surface area (Å²) in [6, 6.07) is 5.53. The van der Waals surface area contributed by atoms with Crippen molar-refractivity contribution < 1.29 is 9.32 Å². The van der Waals surface area contributed by atoms with Crippen LogP contribution in [0.3, 0.4) is 0 Å². The number of hydrogen-bond donors (Lipinski definition) is 1. The van der Waals surface area contributed by atoms with Crippen molar-refractivity contribution in [2.45, 2.75) is 33.2 Å². The van der Waals surface area contributed by atoms with Gasteiger partial charge in [0.25, 0.3) is 5.91 Å². The molecule has 2 aromatic rings. The Bertz CT molecular complexity index is 760. The number of hydrogen-bond acceptors (Lipinski definition) is 6. The molecule has 1 aromatic heterocycles. The van der Waals surface area contributed by atoms with E-state index < -0.39 is 0 Å². The maximum absolute atomic E-state index is 12.8. The molecule has 27 heavy (non-hydrogen) atoms. The topological polar surface area (TPSA) is 88.5 Å². The maximum Gasteiger partial charge on any atom is 0.254 e. The predicted octanol–water partition coefficient (Wildman–Crippen LogP) is 2.89. The highest BCUT2D eigenvalue weighted by Crippen LogP contribution is 2.22. The monoisotopic (exact) mass is 415 g/mol. The molecule has 1 fully saturated rings. The van der Waals surface area contributed by atoms with E-state index in [9.17, 15) is 4.79 Å². The van der Waals surface area contributed by atoms with Gasteiger partial charge in [-0.05, 0) is 31.5 Å². The quantitative estimate of drug-likeness (QED) is 0.772. The van der Waals surface area contributed by atoms with Gasteiger partial charge in [0, 0.05) is 43.9 Å². The van der Waals surface area contributed by atoms with Crippen LogP contribution in [0.15, 0.2) is 22.7 Å². The van der Waals surface area contributed by atoms with E-state index in [4.69, 9.17) is 10.3 Å². The standard InChI is InChI=1S/C18H25N5O2.2ClH/c1-4-16-20-17(25-21-16)13(3)22-7-9-23(10-8-22)18(24)15-11-14(19)6-5-12(15)2;;/h5-6,11,13H,4,7-10,19H2,1-3H3;2*1H. The first kappa shape index (κ1) is 23.2. The molecule has 3 rings (SSSR count). The highest BCUT2D eigenvalue weighted by atomic mass is 35.5. The molecule has 1 aromatic carbocycles. The molecule has 1 unspecified atom stereocenters. The Morgan fingerprint density at radius 1 is 1.26 bits per heavy atom. The van der Waals surface area contributed by atoms with Gasteiger partial charge in [0.2, 0.25) is 5.89 Å². The lowest BCUT2D eigenvalue weighted by molar-refractivity contribution is 0.0551. The lowest BCUT2D eigenvalue weighted by Gasteiger charge is -2.37. The molecule has 0 bridgehead atoms. The number of halogens is 2. The second kappa shape index (κ2) is 9.92. The Morgan fingerprint density at radius 2 is 1.93 bits per heavy atom. The lowest BCUT2D eigenvalue weighted by atomic mass is 10.1. The third kappa shape index (κ3) is 5.12. The Labute approximate surface area is 172 Å². The number of rotatable bonds is 4. The maximum atomic E-state index is 12.8. The minimum Gasteiger partial charge on any atom is -0.399 e. The molecular weight excluding hydrogens is 389 g/mol. The summed E-state index contributed by atoms with van der Waals surface area (Å²) in [5.74, 6) is 1.42. The SMILES string of the molecule is CCc1noc(C(C)N2CCN(C(=O)c3cc(N)ccc3C)CC2)n1.Cl.Cl. The summed E-state index contributed by atoms with van der Waals surface area (Å²) in [6.07, 6.45) is 0.762. The number of carbonyl (C=O) groups is 1. The zero-order valence-corrected chi connectivity index (χ0v) is 17.5. The molecule has 1 aliphatic heterocycles. The van der Waals surface area contributed by atoms with Gasteiger partial charge in [0.1, 0.15) is 0 Å². The number of piperazine rings is 1. The fraction of sp³-hybridized carbons (Fsp3) is 0.500. The summed E-state index contributed by atoms with van der Waals surface area (Å²) < 4.78 is 5.35. The van der Waals surface area contributed by atoms with Crippen LogP contribution >= 0.6 is 24.8 Å². The molecule has 2 heterocycles. The lowest BCUT2D eigenvalue weighted by Crippen LogP contribution is -2.49. The average Bonchev–Trinajstić information content (AvgIpc) is 3.12. The van der Waals surface area contributed by atoms with Crippen molar-refractivity contribution in [3.05, 3.63) is 41.0 Å². The van der Waals surface area contributed by atoms with Gasteiger partial charge in [0.15, 0.2) is 5.82 Å². The van der Waals surface area contributed by atoms with Crippen molar-refractivity contribution in [3.63, 3.8) is 0 Å². The average molecular weight is 416 g/mol. The summed E-state index contributed by atoms with van der Waals surface area (Å²) in [5, 5.41) is 3.96. The molecule has 0 saturated carbocycles. The molecule has 9 heteroatoms. The third-order valence-corrected chi connectivity index (χ3v) is 4.80. The van der Waals surface area contributed by atoms with E-state index in [1.807, 2.05) is 30.9 Å². The minimum absolute atomic E-state index is 0. The number of benzene rings is 1. The molecule has 1 amide bonds. The molecule has 150 valence electrons. The van der Waals surface area contributed by atoms with Crippen LogP contribution in [0.1, 0.15) is 47.5 Å². The Balaban J connectivity index is 0.00000182. The smallest absolute Gasteiger partial charge is 0.254 e. The van der Waals surface area contributed by atoms with Crippen molar-refractivity contribution in [1.29, 1.82) is 0 Å². The van der Waals surface area contributed by atoms with Gasteiger partial charge in [-0.2, -0.15) is 4.98 Å². The third-order valence-electron chi connectivity index (χ3n) is 4.80. The number of amides is 1. The molecule has 2 N–H and O–H groups in total. The van der Waals surface area contributed by atoms with E-state index in [-0.39, 0.29) is 36.8 Å². The van der Waals surface area contributed by atoms with Crippen molar-refractivity contribution >= 4 is 36.4 Å². The number of nitrogens with two attached hydrogens (primary N) is 1. The van der Waals surface area contributed by atoms with Crippen molar-refractivity contribution in [1.82, 2.24) is 19.9 Å². The summed E-state index contributed by atoms with van der Waals surface area (Å²) in [5.41, 5.74) is 8.09. The zero-order valence-electron chi connectivity index (χ0n) is 15.8. The van der Waals surface area contributed by atoms with E-state index in [1.54, 1.807) is 6.07 Å².